The molecule has 1 amide bonds. The molecule has 0 saturated carbocycles. The van der Waals surface area contributed by atoms with Crippen molar-refractivity contribution < 1.29 is 9.53 Å². The molecule has 2 aromatic heterocycles. The van der Waals surface area contributed by atoms with Crippen LogP contribution in [0.4, 0.5) is 5.69 Å². The molecule has 1 aromatic carbocycles. The molecule has 1 aliphatic rings. The van der Waals surface area contributed by atoms with Crippen molar-refractivity contribution in [2.24, 2.45) is 5.41 Å². The summed E-state index contributed by atoms with van der Waals surface area (Å²) in [4.78, 5) is 17.8. The Balaban J connectivity index is 1.65. The number of likely N-dealkylation sites (N-methyl/N-ethyl adjacent to an activating group) is 1. The van der Waals surface area contributed by atoms with Crippen molar-refractivity contribution in [3.8, 4) is 11.4 Å². The smallest absolute Gasteiger partial charge is 0.255 e. The van der Waals surface area contributed by atoms with Gasteiger partial charge in [-0.05, 0) is 49.3 Å². The standard InChI is InChI=1S/C23H30N4O2/c1-6-20(29-5)22(28)27(4)15-8-7-14-11-18(24-17(14)12-15)21-16-9-10-23(2,3)13-19(16)25-26-21/h7-8,11-12,20,24H,6,9-10,13H2,1-5H3,(H,25,26). The van der Waals surface area contributed by atoms with Crippen LogP contribution in [-0.4, -0.2) is 41.3 Å². The first-order valence-corrected chi connectivity index (χ1v) is 10.3. The number of carbonyl (C=O) groups is 1. The summed E-state index contributed by atoms with van der Waals surface area (Å²) in [5.41, 5.74) is 6.78. The van der Waals surface area contributed by atoms with Gasteiger partial charge in [-0.25, -0.2) is 0 Å². The zero-order valence-electron chi connectivity index (χ0n) is 17.9. The number of hydrogen-bond donors (Lipinski definition) is 2. The molecule has 0 saturated heterocycles. The first kappa shape index (κ1) is 19.7. The van der Waals surface area contributed by atoms with Crippen LogP contribution >= 0.6 is 0 Å². The Morgan fingerprint density at radius 1 is 1.34 bits per heavy atom. The minimum atomic E-state index is -0.422. The van der Waals surface area contributed by atoms with Crippen LogP contribution in [0.25, 0.3) is 22.3 Å². The van der Waals surface area contributed by atoms with Crippen molar-refractivity contribution >= 4 is 22.5 Å². The molecule has 4 rings (SSSR count). The van der Waals surface area contributed by atoms with Gasteiger partial charge in [-0.15, -0.1) is 0 Å². The molecule has 0 radical (unpaired) electrons. The van der Waals surface area contributed by atoms with Crippen LogP contribution in [0.3, 0.4) is 0 Å². The van der Waals surface area contributed by atoms with E-state index in [4.69, 9.17) is 4.74 Å². The number of benzene rings is 1. The lowest BCUT2D eigenvalue weighted by Crippen LogP contribution is -2.37. The Morgan fingerprint density at radius 2 is 2.14 bits per heavy atom. The molecule has 2 N–H and O–H groups in total. The molecule has 1 unspecified atom stereocenters. The van der Waals surface area contributed by atoms with E-state index >= 15 is 0 Å². The molecule has 1 aliphatic carbocycles. The van der Waals surface area contributed by atoms with E-state index in [0.29, 0.717) is 11.8 Å². The predicted octanol–water partition coefficient (Wildman–Crippen LogP) is 4.46. The second kappa shape index (κ2) is 7.34. The van der Waals surface area contributed by atoms with E-state index < -0.39 is 6.10 Å². The van der Waals surface area contributed by atoms with Gasteiger partial charge in [0.25, 0.3) is 5.91 Å². The lowest BCUT2D eigenvalue weighted by Gasteiger charge is -2.28. The number of amides is 1. The van der Waals surface area contributed by atoms with Gasteiger partial charge in [-0.2, -0.15) is 5.10 Å². The molecule has 0 spiro atoms. The number of nitrogens with zero attached hydrogens (tertiary/aromatic N) is 2. The van der Waals surface area contributed by atoms with Crippen LogP contribution in [0.2, 0.25) is 0 Å². The van der Waals surface area contributed by atoms with Gasteiger partial charge >= 0.3 is 0 Å². The monoisotopic (exact) mass is 394 g/mol. The molecule has 154 valence electrons. The normalized spacial score (nSPS) is 16.6. The molecule has 29 heavy (non-hydrogen) atoms. The summed E-state index contributed by atoms with van der Waals surface area (Å²) >= 11 is 0. The summed E-state index contributed by atoms with van der Waals surface area (Å²) in [5.74, 6) is -0.0369. The van der Waals surface area contributed by atoms with Crippen molar-refractivity contribution in [2.75, 3.05) is 19.1 Å². The van der Waals surface area contributed by atoms with Crippen molar-refractivity contribution in [1.29, 1.82) is 0 Å². The highest BCUT2D eigenvalue weighted by Crippen LogP contribution is 2.38. The second-order valence-corrected chi connectivity index (χ2v) is 8.85. The summed E-state index contributed by atoms with van der Waals surface area (Å²) < 4.78 is 5.30. The van der Waals surface area contributed by atoms with Gasteiger partial charge in [0.2, 0.25) is 0 Å². The Morgan fingerprint density at radius 3 is 2.86 bits per heavy atom. The highest BCUT2D eigenvalue weighted by atomic mass is 16.5. The van der Waals surface area contributed by atoms with Crippen molar-refractivity contribution in [2.45, 2.75) is 52.6 Å². The van der Waals surface area contributed by atoms with Crippen LogP contribution in [-0.2, 0) is 22.4 Å². The number of carbonyl (C=O) groups excluding carboxylic acids is 1. The van der Waals surface area contributed by atoms with E-state index in [1.54, 1.807) is 19.1 Å². The number of aromatic amines is 2. The molecule has 6 heteroatoms. The van der Waals surface area contributed by atoms with Crippen molar-refractivity contribution in [1.82, 2.24) is 15.2 Å². The Kier molecular flexibility index (Phi) is 4.99. The topological polar surface area (TPSA) is 74.0 Å². The number of methoxy groups -OCH3 is 1. The van der Waals surface area contributed by atoms with Crippen LogP contribution in [0.5, 0.6) is 0 Å². The van der Waals surface area contributed by atoms with Gasteiger partial charge in [0.05, 0.1) is 5.69 Å². The molecule has 0 bridgehead atoms. The van der Waals surface area contributed by atoms with E-state index in [1.165, 1.54) is 17.7 Å². The fourth-order valence-electron chi connectivity index (χ4n) is 4.31. The molecule has 0 fully saturated rings. The Labute approximate surface area is 171 Å². The van der Waals surface area contributed by atoms with E-state index in [1.807, 2.05) is 25.1 Å². The summed E-state index contributed by atoms with van der Waals surface area (Å²) in [5, 5.41) is 8.99. The Bertz CT molecular complexity index is 1040. The maximum absolute atomic E-state index is 12.6. The first-order valence-electron chi connectivity index (χ1n) is 10.3. The molecule has 0 aliphatic heterocycles. The number of rotatable bonds is 5. The average Bonchev–Trinajstić information content (AvgIpc) is 3.29. The summed E-state index contributed by atoms with van der Waals surface area (Å²) in [6.07, 6.45) is 3.47. The average molecular weight is 395 g/mol. The largest absolute Gasteiger partial charge is 0.372 e. The van der Waals surface area contributed by atoms with Gasteiger partial charge < -0.3 is 14.6 Å². The van der Waals surface area contributed by atoms with Crippen molar-refractivity contribution in [3.63, 3.8) is 0 Å². The minimum Gasteiger partial charge on any atom is -0.372 e. The summed E-state index contributed by atoms with van der Waals surface area (Å²) in [6, 6.07) is 8.18. The number of hydrogen-bond acceptors (Lipinski definition) is 3. The molecule has 1 atom stereocenters. The van der Waals surface area contributed by atoms with Crippen LogP contribution in [0.15, 0.2) is 24.3 Å². The number of nitrogens with one attached hydrogen (secondary N) is 2. The maximum Gasteiger partial charge on any atom is 0.255 e. The predicted molar refractivity (Wildman–Crippen MR) is 116 cm³/mol. The molecular weight excluding hydrogens is 364 g/mol. The van der Waals surface area contributed by atoms with Crippen LogP contribution in [0.1, 0.15) is 44.9 Å². The van der Waals surface area contributed by atoms with Crippen LogP contribution in [0, 0.1) is 5.41 Å². The van der Waals surface area contributed by atoms with E-state index in [-0.39, 0.29) is 5.91 Å². The number of ether oxygens (including phenoxy) is 1. The van der Waals surface area contributed by atoms with E-state index in [0.717, 1.165) is 40.8 Å². The maximum atomic E-state index is 12.6. The third-order valence-electron chi connectivity index (χ3n) is 6.17. The molecule has 3 aromatic rings. The molecule has 6 nitrogen and oxygen atoms in total. The zero-order chi connectivity index (χ0) is 20.8. The lowest BCUT2D eigenvalue weighted by atomic mass is 9.76. The SMILES string of the molecule is CCC(OC)C(=O)N(C)c1ccc2cc(-c3n[nH]c4c3CCC(C)(C)C4)[nH]c2c1. The molecular formula is C23H30N4O2. The minimum absolute atomic E-state index is 0.0369. The fourth-order valence-corrected chi connectivity index (χ4v) is 4.31. The number of aromatic nitrogens is 3. The third-order valence-corrected chi connectivity index (χ3v) is 6.17. The highest BCUT2D eigenvalue weighted by molar-refractivity contribution is 5.98. The zero-order valence-corrected chi connectivity index (χ0v) is 17.9. The Hall–Kier alpha value is -2.60. The number of fused-ring (bicyclic) bond motifs is 2. The number of H-pyrrole nitrogens is 2. The fraction of sp³-hybridized carbons (Fsp3) is 0.478. The summed E-state index contributed by atoms with van der Waals surface area (Å²) in [7, 11) is 3.37. The van der Waals surface area contributed by atoms with Gasteiger partial charge in [0.1, 0.15) is 11.8 Å². The first-order chi connectivity index (χ1) is 13.8. The van der Waals surface area contributed by atoms with Crippen LogP contribution < -0.4 is 4.90 Å². The highest BCUT2D eigenvalue weighted by Gasteiger charge is 2.29. The van der Waals surface area contributed by atoms with Gasteiger partial charge in [-0.3, -0.25) is 9.89 Å². The second-order valence-electron chi connectivity index (χ2n) is 8.85. The van der Waals surface area contributed by atoms with Gasteiger partial charge in [0.15, 0.2) is 0 Å². The van der Waals surface area contributed by atoms with Crippen molar-refractivity contribution in [3.05, 3.63) is 35.5 Å². The third kappa shape index (κ3) is 3.57. The summed E-state index contributed by atoms with van der Waals surface area (Å²) in [6.45, 7) is 6.57. The lowest BCUT2D eigenvalue weighted by molar-refractivity contribution is -0.128. The quantitative estimate of drug-likeness (QED) is 0.671. The van der Waals surface area contributed by atoms with Gasteiger partial charge in [0, 0.05) is 42.0 Å². The van der Waals surface area contributed by atoms with E-state index in [2.05, 4.69) is 35.1 Å². The van der Waals surface area contributed by atoms with Gasteiger partial charge in [-0.1, -0.05) is 26.8 Å². The van der Waals surface area contributed by atoms with E-state index in [9.17, 15) is 4.79 Å². The number of anilines is 1. The molecule has 2 heterocycles.